The van der Waals surface area contributed by atoms with Gasteiger partial charge in [0, 0.05) is 30.3 Å². The van der Waals surface area contributed by atoms with Crippen LogP contribution in [-0.2, 0) is 16.1 Å². The predicted molar refractivity (Wildman–Crippen MR) is 87.7 cm³/mol. The molecule has 0 bridgehead atoms. The third-order valence-corrected chi connectivity index (χ3v) is 3.57. The van der Waals surface area contributed by atoms with Gasteiger partial charge in [0.15, 0.2) is 0 Å². The van der Waals surface area contributed by atoms with Crippen molar-refractivity contribution in [3.63, 3.8) is 0 Å². The maximum absolute atomic E-state index is 8.89. The first-order valence-corrected chi connectivity index (χ1v) is 8.17. The molecule has 0 spiro atoms. The number of aromatic nitrogens is 1. The SMILES string of the molecule is CC(=O)[O-].Cc1ccc(C[NH3+])c(N2CCC(OC(C)C)CC2)n1. The lowest BCUT2D eigenvalue weighted by Crippen LogP contribution is -2.48. The summed E-state index contributed by atoms with van der Waals surface area (Å²) >= 11 is 0. The van der Waals surface area contributed by atoms with Crippen LogP contribution in [0.2, 0.25) is 0 Å². The minimum atomic E-state index is -1.08. The second-order valence-corrected chi connectivity index (χ2v) is 6.05. The monoisotopic (exact) mass is 323 g/mol. The number of carbonyl (C=O) groups is 1. The van der Waals surface area contributed by atoms with Crippen molar-refractivity contribution < 1.29 is 20.4 Å². The van der Waals surface area contributed by atoms with Crippen molar-refractivity contribution in [1.82, 2.24) is 4.98 Å². The highest BCUT2D eigenvalue weighted by Gasteiger charge is 2.23. The van der Waals surface area contributed by atoms with Crippen LogP contribution in [0.4, 0.5) is 5.82 Å². The molecule has 2 heterocycles. The summed E-state index contributed by atoms with van der Waals surface area (Å²) in [4.78, 5) is 16.0. The fraction of sp³-hybridized carbons (Fsp3) is 0.647. The summed E-state index contributed by atoms with van der Waals surface area (Å²) < 4.78 is 5.90. The number of aliphatic carboxylic acids is 1. The van der Waals surface area contributed by atoms with E-state index in [4.69, 9.17) is 19.6 Å². The molecule has 23 heavy (non-hydrogen) atoms. The van der Waals surface area contributed by atoms with E-state index < -0.39 is 5.97 Å². The summed E-state index contributed by atoms with van der Waals surface area (Å²) in [5, 5.41) is 8.89. The number of rotatable bonds is 4. The fourth-order valence-corrected chi connectivity index (χ4v) is 2.63. The molecule has 6 nitrogen and oxygen atoms in total. The molecule has 0 saturated carbocycles. The molecule has 1 aromatic rings. The van der Waals surface area contributed by atoms with Crippen LogP contribution in [-0.4, -0.2) is 36.3 Å². The summed E-state index contributed by atoms with van der Waals surface area (Å²) in [7, 11) is 0. The third-order valence-electron chi connectivity index (χ3n) is 3.57. The number of carboxylic acid groups (broad SMARTS) is 1. The largest absolute Gasteiger partial charge is 0.550 e. The van der Waals surface area contributed by atoms with Gasteiger partial charge < -0.3 is 25.3 Å². The van der Waals surface area contributed by atoms with Crippen molar-refractivity contribution in [3.8, 4) is 0 Å². The van der Waals surface area contributed by atoms with Crippen molar-refractivity contribution in [2.75, 3.05) is 18.0 Å². The normalized spacial score (nSPS) is 15.3. The quantitative estimate of drug-likeness (QED) is 0.859. The molecule has 130 valence electrons. The summed E-state index contributed by atoms with van der Waals surface area (Å²) in [6.07, 6.45) is 2.91. The molecule has 1 aliphatic heterocycles. The van der Waals surface area contributed by atoms with Gasteiger partial charge in [0.2, 0.25) is 0 Å². The van der Waals surface area contributed by atoms with Crippen LogP contribution in [0.15, 0.2) is 12.1 Å². The van der Waals surface area contributed by atoms with Gasteiger partial charge in [0.25, 0.3) is 0 Å². The first kappa shape index (κ1) is 19.4. The van der Waals surface area contributed by atoms with Gasteiger partial charge in [-0.25, -0.2) is 4.98 Å². The number of quaternary nitrogens is 1. The standard InChI is InChI=1S/C15H25N3O.C2H4O2/c1-11(2)19-14-6-8-18(9-7-14)15-13(10-16)5-4-12(3)17-15;1-2(3)4/h4-5,11,14H,6-10,16H2,1-3H3;1H3,(H,3,4). The van der Waals surface area contributed by atoms with Crippen LogP contribution < -0.4 is 15.7 Å². The van der Waals surface area contributed by atoms with E-state index >= 15 is 0 Å². The second-order valence-electron chi connectivity index (χ2n) is 6.05. The van der Waals surface area contributed by atoms with E-state index in [9.17, 15) is 0 Å². The average molecular weight is 323 g/mol. The number of pyridine rings is 1. The highest BCUT2D eigenvalue weighted by Crippen LogP contribution is 2.23. The average Bonchev–Trinajstić information content (AvgIpc) is 2.47. The molecule has 0 atom stereocenters. The van der Waals surface area contributed by atoms with Crippen LogP contribution in [0.5, 0.6) is 0 Å². The number of hydrogen-bond acceptors (Lipinski definition) is 5. The van der Waals surface area contributed by atoms with Crippen LogP contribution >= 0.6 is 0 Å². The number of anilines is 1. The van der Waals surface area contributed by atoms with Gasteiger partial charge in [0.1, 0.15) is 12.4 Å². The van der Waals surface area contributed by atoms with Crippen LogP contribution in [0.25, 0.3) is 0 Å². The number of aryl methyl sites for hydroxylation is 1. The van der Waals surface area contributed by atoms with Crippen LogP contribution in [0.1, 0.15) is 44.9 Å². The minimum absolute atomic E-state index is 0.323. The topological polar surface area (TPSA) is 93.1 Å². The maximum Gasteiger partial charge on any atom is 0.137 e. The highest BCUT2D eigenvalue weighted by molar-refractivity contribution is 5.60. The maximum atomic E-state index is 8.89. The Balaban J connectivity index is 0.000000593. The fourth-order valence-electron chi connectivity index (χ4n) is 2.63. The highest BCUT2D eigenvalue weighted by atomic mass is 16.5. The van der Waals surface area contributed by atoms with Crippen molar-refractivity contribution in [2.45, 2.75) is 59.3 Å². The van der Waals surface area contributed by atoms with Gasteiger partial charge in [-0.3, -0.25) is 0 Å². The smallest absolute Gasteiger partial charge is 0.137 e. The van der Waals surface area contributed by atoms with Crippen molar-refractivity contribution in [2.24, 2.45) is 0 Å². The lowest BCUT2D eigenvalue weighted by molar-refractivity contribution is -0.386. The number of nitrogens with zero attached hydrogens (tertiary/aromatic N) is 2. The Bertz CT molecular complexity index is 494. The number of carboxylic acids is 1. The molecule has 0 radical (unpaired) electrons. The Hall–Kier alpha value is -1.66. The molecule has 3 N–H and O–H groups in total. The molecule has 2 rings (SSSR count). The number of ether oxygens (including phenoxy) is 1. The van der Waals surface area contributed by atoms with E-state index in [1.54, 1.807) is 0 Å². The molecule has 1 fully saturated rings. The number of carbonyl (C=O) groups excluding carboxylic acids is 1. The lowest BCUT2D eigenvalue weighted by Gasteiger charge is -2.34. The first-order chi connectivity index (χ1) is 10.8. The van der Waals surface area contributed by atoms with Gasteiger partial charge >= 0.3 is 0 Å². The second kappa shape index (κ2) is 9.47. The van der Waals surface area contributed by atoms with Gasteiger partial charge in [-0.15, -0.1) is 0 Å². The summed E-state index contributed by atoms with van der Waals surface area (Å²) in [5.74, 6) is 0.0398. The Morgan fingerprint density at radius 2 is 2.00 bits per heavy atom. The zero-order chi connectivity index (χ0) is 17.4. The number of hydrogen-bond donors (Lipinski definition) is 1. The Morgan fingerprint density at radius 3 is 2.48 bits per heavy atom. The van der Waals surface area contributed by atoms with Crippen LogP contribution in [0, 0.1) is 6.92 Å². The van der Waals surface area contributed by atoms with Gasteiger partial charge in [-0.1, -0.05) is 0 Å². The van der Waals surface area contributed by atoms with Crippen molar-refractivity contribution in [1.29, 1.82) is 0 Å². The van der Waals surface area contributed by atoms with Gasteiger partial charge in [-0.05, 0) is 52.7 Å². The molecule has 6 heteroatoms. The molecule has 0 unspecified atom stereocenters. The van der Waals surface area contributed by atoms with E-state index in [1.165, 1.54) is 5.56 Å². The summed E-state index contributed by atoms with van der Waals surface area (Å²) in [5.41, 5.74) is 6.32. The zero-order valence-electron chi connectivity index (χ0n) is 14.7. The third kappa shape index (κ3) is 6.97. The van der Waals surface area contributed by atoms with E-state index in [2.05, 4.69) is 36.6 Å². The Labute approximate surface area is 138 Å². The van der Waals surface area contributed by atoms with Crippen LogP contribution in [0.3, 0.4) is 0 Å². The Morgan fingerprint density at radius 1 is 1.43 bits per heavy atom. The summed E-state index contributed by atoms with van der Waals surface area (Å²) in [6, 6.07) is 4.22. The van der Waals surface area contributed by atoms with E-state index in [-0.39, 0.29) is 0 Å². The molecule has 1 aromatic heterocycles. The lowest BCUT2D eigenvalue weighted by atomic mass is 10.1. The molecular formula is C17H29N3O3. The molecular weight excluding hydrogens is 294 g/mol. The minimum Gasteiger partial charge on any atom is -0.550 e. The predicted octanol–water partition coefficient (Wildman–Crippen LogP) is 0.282. The first-order valence-electron chi connectivity index (χ1n) is 8.17. The van der Waals surface area contributed by atoms with Crippen molar-refractivity contribution >= 4 is 11.8 Å². The molecule has 0 aliphatic carbocycles. The van der Waals surface area contributed by atoms with Crippen molar-refractivity contribution in [3.05, 3.63) is 23.4 Å². The molecule has 1 aliphatic rings. The van der Waals surface area contributed by atoms with E-state index in [1.807, 2.05) is 6.92 Å². The summed E-state index contributed by atoms with van der Waals surface area (Å²) in [6.45, 7) is 10.1. The molecule has 0 aromatic carbocycles. The van der Waals surface area contributed by atoms with Gasteiger partial charge in [0.05, 0.1) is 12.2 Å². The van der Waals surface area contributed by atoms with Gasteiger partial charge in [-0.2, -0.15) is 0 Å². The Kier molecular flexibility index (Phi) is 7.98. The molecule has 0 amide bonds. The van der Waals surface area contributed by atoms with E-state index in [0.29, 0.717) is 12.2 Å². The number of piperidine rings is 1. The van der Waals surface area contributed by atoms with E-state index in [0.717, 1.165) is 50.9 Å². The zero-order valence-corrected chi connectivity index (χ0v) is 14.7. The molecule has 1 saturated heterocycles.